The molecule has 3 rings (SSSR count). The van der Waals surface area contributed by atoms with E-state index < -0.39 is 39.3 Å². The molecule has 0 spiro atoms. The van der Waals surface area contributed by atoms with Crippen molar-refractivity contribution < 1.29 is 40.8 Å². The normalized spacial score (nSPS) is 13.8. The molecule has 1 aliphatic carbocycles. The summed E-state index contributed by atoms with van der Waals surface area (Å²) in [6.45, 7) is 6.05. The second-order valence-corrected chi connectivity index (χ2v) is 11.1. The molecule has 1 aromatic carbocycles. The largest absolute Gasteiger partial charge is 0.477 e. The molecule has 2 aromatic rings. The molecule has 1 heterocycles. The number of allylic oxidation sites excluding steroid dienone is 4. The van der Waals surface area contributed by atoms with E-state index >= 15 is 0 Å². The number of aryl methyl sites for hydroxylation is 1. The lowest BCUT2D eigenvalue weighted by Gasteiger charge is -2.25. The van der Waals surface area contributed by atoms with Gasteiger partial charge < -0.3 is 14.5 Å². The van der Waals surface area contributed by atoms with Gasteiger partial charge in [-0.25, -0.2) is 13.2 Å². The Kier molecular flexibility index (Phi) is 9.28. The number of halogens is 3. The summed E-state index contributed by atoms with van der Waals surface area (Å²) in [5.74, 6) is -3.09. The maximum atomic E-state index is 13.4. The first-order valence-electron chi connectivity index (χ1n) is 12.4. The van der Waals surface area contributed by atoms with Gasteiger partial charge in [-0.15, -0.1) is 0 Å². The summed E-state index contributed by atoms with van der Waals surface area (Å²) in [6.07, 6.45) is -0.221. The van der Waals surface area contributed by atoms with Crippen molar-refractivity contribution in [2.75, 3.05) is 4.72 Å². The van der Waals surface area contributed by atoms with E-state index in [-0.39, 0.29) is 35.0 Å². The summed E-state index contributed by atoms with van der Waals surface area (Å²) in [7, 11) is -4.48. The Morgan fingerprint density at radius 2 is 1.75 bits per heavy atom. The number of nitrogens with zero attached hydrogens (tertiary/aromatic N) is 2. The van der Waals surface area contributed by atoms with E-state index in [9.17, 15) is 36.3 Å². The van der Waals surface area contributed by atoms with Crippen LogP contribution in [-0.2, 0) is 32.3 Å². The molecule has 0 atom stereocenters. The molecular formula is C27H30F3N3O6S. The highest BCUT2D eigenvalue weighted by Crippen LogP contribution is 2.39. The third kappa shape index (κ3) is 6.82. The molecule has 1 aromatic heterocycles. The standard InChI is InChI=1S/C27H30F3N3O6S/c1-5-8-22(34)33(24(16(2)3)26(35)36)15-18-11-13-19(14-12-18)20-9-6-7-10-21(20)40(37,38)32-25-23(27(28,29)30)17(4)39-31-25/h9-14H,5-8,15H2,1-4H3,(H,31,32)(H,35,36). The van der Waals surface area contributed by atoms with Gasteiger partial charge in [0.15, 0.2) is 5.82 Å². The van der Waals surface area contributed by atoms with Gasteiger partial charge in [-0.05, 0) is 62.3 Å². The van der Waals surface area contributed by atoms with E-state index in [2.05, 4.69) is 9.68 Å². The predicted molar refractivity (Wildman–Crippen MR) is 142 cm³/mol. The van der Waals surface area contributed by atoms with E-state index in [0.29, 0.717) is 36.0 Å². The minimum atomic E-state index is -4.88. The van der Waals surface area contributed by atoms with Crippen LogP contribution in [0.3, 0.4) is 0 Å². The van der Waals surface area contributed by atoms with E-state index in [1.54, 1.807) is 44.2 Å². The van der Waals surface area contributed by atoms with Gasteiger partial charge >= 0.3 is 12.1 Å². The van der Waals surface area contributed by atoms with Gasteiger partial charge in [0, 0.05) is 6.42 Å². The summed E-state index contributed by atoms with van der Waals surface area (Å²) in [5.41, 5.74) is 0.407. The number of aromatic nitrogens is 1. The number of alkyl halides is 3. The molecule has 0 radical (unpaired) electrons. The minimum Gasteiger partial charge on any atom is -0.477 e. The molecule has 40 heavy (non-hydrogen) atoms. The van der Waals surface area contributed by atoms with Crippen molar-refractivity contribution in [3.05, 3.63) is 75.0 Å². The van der Waals surface area contributed by atoms with Crippen LogP contribution in [0.2, 0.25) is 0 Å². The lowest BCUT2D eigenvalue weighted by Crippen LogP contribution is -2.33. The molecule has 0 fully saturated rings. The number of hydrogen-bond acceptors (Lipinski definition) is 6. The average molecular weight is 582 g/mol. The first-order chi connectivity index (χ1) is 18.7. The SMILES string of the molecule is CCCC(=O)N(Cc1ccc(C2=CCCC=C2S(=O)(=O)Nc2noc(C)c2C(F)(F)F)cc1)C(C(=O)O)=C(C)C. The first kappa shape index (κ1) is 30.7. The molecule has 0 saturated heterocycles. The Morgan fingerprint density at radius 3 is 2.30 bits per heavy atom. The van der Waals surface area contributed by atoms with E-state index in [1.807, 2.05) is 11.6 Å². The molecule has 0 bridgehead atoms. The van der Waals surface area contributed by atoms with Gasteiger partial charge in [0.05, 0.1) is 11.4 Å². The predicted octanol–water partition coefficient (Wildman–Crippen LogP) is 6.01. The number of carboxylic acids is 1. The number of benzene rings is 1. The Hall–Kier alpha value is -3.87. The lowest BCUT2D eigenvalue weighted by molar-refractivity contribution is -0.140. The van der Waals surface area contributed by atoms with Gasteiger partial charge in [-0.1, -0.05) is 48.5 Å². The quantitative estimate of drug-likeness (QED) is 0.329. The van der Waals surface area contributed by atoms with Crippen LogP contribution in [-0.4, -0.2) is 35.5 Å². The maximum Gasteiger partial charge on any atom is 0.423 e. The highest BCUT2D eigenvalue weighted by molar-refractivity contribution is 7.97. The van der Waals surface area contributed by atoms with Gasteiger partial charge in [-0.2, -0.15) is 13.2 Å². The minimum absolute atomic E-state index is 0.0146. The van der Waals surface area contributed by atoms with E-state index in [1.165, 1.54) is 11.0 Å². The summed E-state index contributed by atoms with van der Waals surface area (Å²) >= 11 is 0. The Morgan fingerprint density at radius 1 is 1.12 bits per heavy atom. The molecule has 0 saturated carbocycles. The van der Waals surface area contributed by atoms with Crippen molar-refractivity contribution in [1.29, 1.82) is 0 Å². The fourth-order valence-corrected chi connectivity index (χ4v) is 5.67. The highest BCUT2D eigenvalue weighted by atomic mass is 32.2. The van der Waals surface area contributed by atoms with Crippen molar-refractivity contribution in [3.8, 4) is 0 Å². The number of carboxylic acid groups (broad SMARTS) is 1. The summed E-state index contributed by atoms with van der Waals surface area (Å²) in [5, 5.41) is 13.0. The molecule has 2 N–H and O–H groups in total. The summed E-state index contributed by atoms with van der Waals surface area (Å²) in [6, 6.07) is 6.51. The first-order valence-corrected chi connectivity index (χ1v) is 13.9. The number of sulfonamides is 1. The van der Waals surface area contributed by atoms with Crippen LogP contribution in [0, 0.1) is 6.92 Å². The van der Waals surface area contributed by atoms with Gasteiger partial charge in [0.1, 0.15) is 17.0 Å². The van der Waals surface area contributed by atoms with Crippen LogP contribution in [0.5, 0.6) is 0 Å². The zero-order chi connectivity index (χ0) is 29.8. The third-order valence-electron chi connectivity index (χ3n) is 6.09. The number of carbonyl (C=O) groups excluding carboxylic acids is 1. The van der Waals surface area contributed by atoms with Gasteiger partial charge in [0.2, 0.25) is 5.91 Å². The number of rotatable bonds is 10. The highest BCUT2D eigenvalue weighted by Gasteiger charge is 2.41. The Bertz CT molecular complexity index is 1480. The van der Waals surface area contributed by atoms with Crippen molar-refractivity contribution in [3.63, 3.8) is 0 Å². The number of anilines is 1. The molecule has 216 valence electrons. The topological polar surface area (TPSA) is 130 Å². The van der Waals surface area contributed by atoms with E-state index in [0.717, 1.165) is 6.92 Å². The molecule has 9 nitrogen and oxygen atoms in total. The van der Waals surface area contributed by atoms with Crippen molar-refractivity contribution in [2.45, 2.75) is 66.1 Å². The van der Waals surface area contributed by atoms with Gasteiger partial charge in [-0.3, -0.25) is 9.52 Å². The average Bonchev–Trinajstić information content (AvgIpc) is 3.23. The van der Waals surface area contributed by atoms with Crippen LogP contribution >= 0.6 is 0 Å². The number of nitrogens with one attached hydrogen (secondary N) is 1. The monoisotopic (exact) mass is 581 g/mol. The second kappa shape index (κ2) is 12.1. The van der Waals surface area contributed by atoms with Crippen LogP contribution in [0.1, 0.15) is 68.9 Å². The third-order valence-corrected chi connectivity index (χ3v) is 7.52. The van der Waals surface area contributed by atoms with Crippen LogP contribution in [0.15, 0.2) is 57.1 Å². The van der Waals surface area contributed by atoms with Crippen LogP contribution in [0.4, 0.5) is 19.0 Å². The maximum absolute atomic E-state index is 13.4. The second-order valence-electron chi connectivity index (χ2n) is 9.41. The molecule has 13 heteroatoms. The molecule has 0 unspecified atom stereocenters. The molecule has 1 aliphatic rings. The lowest BCUT2D eigenvalue weighted by atomic mass is 9.98. The number of amides is 1. The van der Waals surface area contributed by atoms with Crippen molar-refractivity contribution in [1.82, 2.24) is 10.1 Å². The Balaban J connectivity index is 1.91. The molecular weight excluding hydrogens is 551 g/mol. The fourth-order valence-electron chi connectivity index (χ4n) is 4.34. The number of carbonyl (C=O) groups is 2. The summed E-state index contributed by atoms with van der Waals surface area (Å²) in [4.78, 5) is 25.6. The Labute approximate surface area is 230 Å². The van der Waals surface area contributed by atoms with E-state index in [4.69, 9.17) is 0 Å². The van der Waals surface area contributed by atoms with Crippen LogP contribution in [0.25, 0.3) is 5.57 Å². The van der Waals surface area contributed by atoms with Crippen molar-refractivity contribution in [2.24, 2.45) is 0 Å². The summed E-state index contributed by atoms with van der Waals surface area (Å²) < 4.78 is 73.2. The fraction of sp³-hybridized carbons (Fsp3) is 0.370. The molecule has 1 amide bonds. The molecule has 0 aliphatic heterocycles. The smallest absolute Gasteiger partial charge is 0.423 e. The van der Waals surface area contributed by atoms with Crippen molar-refractivity contribution >= 4 is 33.3 Å². The van der Waals surface area contributed by atoms with Crippen LogP contribution < -0.4 is 4.72 Å². The number of hydrogen-bond donors (Lipinski definition) is 2. The van der Waals surface area contributed by atoms with Gasteiger partial charge in [0.25, 0.3) is 10.0 Å². The zero-order valence-electron chi connectivity index (χ0n) is 22.4. The zero-order valence-corrected chi connectivity index (χ0v) is 23.2. The number of aliphatic carboxylic acids is 1.